The number of hydrogen-bond acceptors (Lipinski definition) is 3. The molecule has 0 aliphatic heterocycles. The Labute approximate surface area is 101 Å². The molecule has 0 rings (SSSR count). The van der Waals surface area contributed by atoms with E-state index in [9.17, 15) is 4.79 Å². The molecule has 0 N–H and O–H groups in total. The van der Waals surface area contributed by atoms with Crippen LogP contribution in [0.15, 0.2) is 0 Å². The summed E-state index contributed by atoms with van der Waals surface area (Å²) in [5, 5.41) is 0. The fraction of sp³-hybridized carbons (Fsp3) is 0.917. The molecular weight excluding hydrogens is 223 g/mol. The zero-order valence-corrected chi connectivity index (χ0v) is 12.3. The van der Waals surface area contributed by atoms with Gasteiger partial charge in [0.05, 0.1) is 18.1 Å². The Balaban J connectivity index is 4.43. The van der Waals surface area contributed by atoms with Crippen LogP contribution in [0.5, 0.6) is 0 Å². The van der Waals surface area contributed by atoms with Crippen LogP contribution in [0.1, 0.15) is 41.5 Å². The summed E-state index contributed by atoms with van der Waals surface area (Å²) >= 11 is 0. The Hall–Kier alpha value is -0.140. The zero-order valence-electron chi connectivity index (χ0n) is 11.4. The molecule has 0 fully saturated rings. The average Bonchev–Trinajstić information content (AvgIpc) is 2.25. The minimum absolute atomic E-state index is 0.0995. The van der Waals surface area contributed by atoms with Crippen molar-refractivity contribution >= 4 is 14.1 Å². The summed E-state index contributed by atoms with van der Waals surface area (Å²) in [5.41, 5.74) is -0.569. The monoisotopic (exact) mass is 248 g/mol. The van der Waals surface area contributed by atoms with E-state index in [2.05, 4.69) is 13.8 Å². The summed E-state index contributed by atoms with van der Waals surface area (Å²) in [5.74, 6) is -0.176. The van der Waals surface area contributed by atoms with Crippen LogP contribution in [0.3, 0.4) is 0 Å². The van der Waals surface area contributed by atoms with Gasteiger partial charge in [-0.3, -0.25) is 4.79 Å². The van der Waals surface area contributed by atoms with Crippen LogP contribution in [0.4, 0.5) is 0 Å². The van der Waals surface area contributed by atoms with Gasteiger partial charge in [-0.15, -0.1) is 0 Å². The maximum Gasteiger partial charge on any atom is 0.314 e. The molecule has 0 amide bonds. The third kappa shape index (κ3) is 4.39. The van der Waals surface area contributed by atoms with E-state index in [-0.39, 0.29) is 12.1 Å². The van der Waals surface area contributed by atoms with Gasteiger partial charge in [0.2, 0.25) is 0 Å². The van der Waals surface area contributed by atoms with Gasteiger partial charge in [-0.25, -0.2) is 0 Å². The van der Waals surface area contributed by atoms with E-state index in [1.807, 2.05) is 27.7 Å². The summed E-state index contributed by atoms with van der Waals surface area (Å²) in [6.07, 6.45) is 1.97. The van der Waals surface area contributed by atoms with Crippen LogP contribution >= 0.6 is 8.15 Å². The van der Waals surface area contributed by atoms with Crippen molar-refractivity contribution in [3.63, 3.8) is 0 Å². The van der Waals surface area contributed by atoms with Gasteiger partial charge in [0.15, 0.2) is 0 Å². The fourth-order valence-corrected chi connectivity index (χ4v) is 2.67. The van der Waals surface area contributed by atoms with Crippen LogP contribution in [0.25, 0.3) is 0 Å². The lowest BCUT2D eigenvalue weighted by molar-refractivity contribution is -0.158. The number of esters is 1. The van der Waals surface area contributed by atoms with Crippen molar-refractivity contribution in [2.75, 3.05) is 18.9 Å². The molecule has 4 heteroatoms. The number of carbonyl (C=O) groups is 1. The lowest BCUT2D eigenvalue weighted by Gasteiger charge is -2.31. The summed E-state index contributed by atoms with van der Waals surface area (Å²) in [6.45, 7) is 12.2. The van der Waals surface area contributed by atoms with Gasteiger partial charge in [-0.1, -0.05) is 13.8 Å². The predicted molar refractivity (Wildman–Crippen MR) is 69.0 cm³/mol. The third-order valence-corrected chi connectivity index (χ3v) is 4.86. The predicted octanol–water partition coefficient (Wildman–Crippen LogP) is 3.42. The van der Waals surface area contributed by atoms with E-state index in [0.29, 0.717) is 6.61 Å². The fourth-order valence-electron chi connectivity index (χ4n) is 1.21. The first kappa shape index (κ1) is 15.9. The highest BCUT2D eigenvalue weighted by molar-refractivity contribution is 7.52. The average molecular weight is 248 g/mol. The minimum atomic E-state index is -0.569. The highest BCUT2D eigenvalue weighted by Crippen LogP contribution is 2.41. The molecule has 1 atom stereocenters. The quantitative estimate of drug-likeness (QED) is 0.511. The van der Waals surface area contributed by atoms with E-state index >= 15 is 0 Å². The van der Waals surface area contributed by atoms with Gasteiger partial charge in [0.1, 0.15) is 0 Å². The third-order valence-electron chi connectivity index (χ3n) is 2.83. The van der Waals surface area contributed by atoms with Gasteiger partial charge in [0, 0.05) is 8.15 Å². The highest BCUT2D eigenvalue weighted by Gasteiger charge is 2.37. The summed E-state index contributed by atoms with van der Waals surface area (Å²) in [4.78, 5) is 11.8. The SMILES string of the molecule is CCOC(=O)C(C)(C)C(C)OP(CC)CC. The zero-order chi connectivity index (χ0) is 12.8. The molecular formula is C12H25O3P. The van der Waals surface area contributed by atoms with Crippen LogP contribution in [0.2, 0.25) is 0 Å². The van der Waals surface area contributed by atoms with E-state index in [4.69, 9.17) is 9.26 Å². The molecule has 0 radical (unpaired) electrons. The van der Waals surface area contributed by atoms with Crippen LogP contribution in [0, 0.1) is 5.41 Å². The van der Waals surface area contributed by atoms with Gasteiger partial charge >= 0.3 is 5.97 Å². The van der Waals surface area contributed by atoms with Crippen molar-refractivity contribution in [3.8, 4) is 0 Å². The van der Waals surface area contributed by atoms with Crippen LogP contribution in [-0.2, 0) is 14.1 Å². The Morgan fingerprint density at radius 3 is 2.12 bits per heavy atom. The van der Waals surface area contributed by atoms with Crippen molar-refractivity contribution in [2.45, 2.75) is 47.6 Å². The molecule has 0 saturated heterocycles. The Bertz CT molecular complexity index is 212. The first-order valence-corrected chi connectivity index (χ1v) is 7.62. The maximum absolute atomic E-state index is 11.8. The molecule has 0 aliphatic rings. The summed E-state index contributed by atoms with van der Waals surface area (Å²) in [6, 6.07) is 0. The highest BCUT2D eigenvalue weighted by atomic mass is 31.1. The molecule has 0 aromatic carbocycles. The lowest BCUT2D eigenvalue weighted by Crippen LogP contribution is -2.37. The Morgan fingerprint density at radius 2 is 1.75 bits per heavy atom. The number of carbonyl (C=O) groups excluding carboxylic acids is 1. The van der Waals surface area contributed by atoms with E-state index in [1.165, 1.54) is 0 Å². The lowest BCUT2D eigenvalue weighted by atomic mass is 9.88. The second-order valence-electron chi connectivity index (χ2n) is 4.30. The molecule has 0 aromatic heterocycles. The van der Waals surface area contributed by atoms with E-state index < -0.39 is 13.6 Å². The molecule has 0 aliphatic carbocycles. The number of hydrogen-bond donors (Lipinski definition) is 0. The van der Waals surface area contributed by atoms with E-state index in [1.54, 1.807) is 0 Å². The molecule has 0 aromatic rings. The number of rotatable bonds is 7. The smallest absolute Gasteiger partial charge is 0.314 e. The van der Waals surface area contributed by atoms with Crippen molar-refractivity contribution < 1.29 is 14.1 Å². The molecule has 0 heterocycles. The largest absolute Gasteiger partial charge is 0.466 e. The maximum atomic E-state index is 11.8. The second-order valence-corrected chi connectivity index (χ2v) is 6.74. The van der Waals surface area contributed by atoms with Crippen molar-refractivity contribution in [2.24, 2.45) is 5.41 Å². The summed E-state index contributed by atoms with van der Waals surface area (Å²) in [7, 11) is -0.402. The normalized spacial score (nSPS) is 13.9. The molecule has 0 bridgehead atoms. The van der Waals surface area contributed by atoms with Gasteiger partial charge < -0.3 is 9.26 Å². The standard InChI is InChI=1S/C12H25O3P/c1-7-14-11(13)12(5,6)10(4)15-16(8-2)9-3/h10H,7-9H2,1-6H3. The topological polar surface area (TPSA) is 35.5 Å². The molecule has 96 valence electrons. The second kappa shape index (κ2) is 7.24. The van der Waals surface area contributed by atoms with Gasteiger partial charge in [-0.2, -0.15) is 0 Å². The number of ether oxygens (including phenoxy) is 1. The Kier molecular flexibility index (Phi) is 7.17. The van der Waals surface area contributed by atoms with Crippen molar-refractivity contribution in [1.29, 1.82) is 0 Å². The molecule has 0 spiro atoms. The molecule has 16 heavy (non-hydrogen) atoms. The molecule has 0 saturated carbocycles. The van der Waals surface area contributed by atoms with Crippen LogP contribution in [-0.4, -0.2) is 31.0 Å². The first-order chi connectivity index (χ1) is 7.39. The van der Waals surface area contributed by atoms with E-state index in [0.717, 1.165) is 12.3 Å². The molecule has 1 unspecified atom stereocenters. The minimum Gasteiger partial charge on any atom is -0.466 e. The van der Waals surface area contributed by atoms with Gasteiger partial charge in [-0.05, 0) is 40.0 Å². The molecule has 3 nitrogen and oxygen atoms in total. The van der Waals surface area contributed by atoms with Crippen LogP contribution < -0.4 is 0 Å². The van der Waals surface area contributed by atoms with Crippen molar-refractivity contribution in [1.82, 2.24) is 0 Å². The Morgan fingerprint density at radius 1 is 1.25 bits per heavy atom. The van der Waals surface area contributed by atoms with Gasteiger partial charge in [0.25, 0.3) is 0 Å². The first-order valence-electron chi connectivity index (χ1n) is 5.99. The van der Waals surface area contributed by atoms with Crippen molar-refractivity contribution in [3.05, 3.63) is 0 Å². The summed E-state index contributed by atoms with van der Waals surface area (Å²) < 4.78 is 11.0.